The molecule has 4 heterocycles. The lowest BCUT2D eigenvalue weighted by molar-refractivity contribution is -0.132. The third-order valence-corrected chi connectivity index (χ3v) is 5.38. The van der Waals surface area contributed by atoms with Crippen LogP contribution in [0.5, 0.6) is 0 Å². The Morgan fingerprint density at radius 3 is 2.50 bits per heavy atom. The Labute approximate surface area is 153 Å². The maximum absolute atomic E-state index is 12.6. The average molecular weight is 357 g/mol. The quantitative estimate of drug-likeness (QED) is 0.815. The van der Waals surface area contributed by atoms with Crippen molar-refractivity contribution >= 4 is 17.5 Å². The van der Waals surface area contributed by atoms with Crippen LogP contribution in [-0.2, 0) is 4.79 Å². The van der Waals surface area contributed by atoms with Gasteiger partial charge in [0, 0.05) is 51.0 Å². The van der Waals surface area contributed by atoms with Gasteiger partial charge in [0.05, 0.1) is 6.54 Å². The molecule has 0 spiro atoms. The lowest BCUT2D eigenvalue weighted by Crippen LogP contribution is -2.50. The number of carbonyl (C=O) groups excluding carboxylic acids is 1. The van der Waals surface area contributed by atoms with Gasteiger partial charge in [-0.3, -0.25) is 9.69 Å². The largest absolute Gasteiger partial charge is 0.354 e. The van der Waals surface area contributed by atoms with Crippen molar-refractivity contribution < 1.29 is 4.79 Å². The summed E-state index contributed by atoms with van der Waals surface area (Å²) in [6, 6.07) is 2.06. The molecule has 0 atom stereocenters. The molecule has 2 saturated heterocycles. The zero-order valence-corrected chi connectivity index (χ0v) is 15.5. The highest BCUT2D eigenvalue weighted by molar-refractivity contribution is 5.78. The first-order valence-corrected chi connectivity index (χ1v) is 9.63. The minimum atomic E-state index is 0.291. The fourth-order valence-electron chi connectivity index (χ4n) is 3.88. The van der Waals surface area contributed by atoms with Gasteiger partial charge in [-0.25, -0.2) is 4.98 Å². The molecule has 0 radical (unpaired) electrons. The molecule has 0 saturated carbocycles. The number of carbonyl (C=O) groups is 1. The number of aryl methyl sites for hydroxylation is 1. The Hall–Kier alpha value is -2.22. The first-order valence-electron chi connectivity index (χ1n) is 9.63. The molecule has 26 heavy (non-hydrogen) atoms. The molecule has 0 N–H and O–H groups in total. The number of aromatic nitrogens is 4. The number of piperazine rings is 1. The predicted octanol–water partition coefficient (Wildman–Crippen LogP) is 0.957. The molecule has 0 aliphatic carbocycles. The van der Waals surface area contributed by atoms with E-state index in [1.54, 1.807) is 10.8 Å². The standard InChI is InChI=1S/C18H27N7O/c1-15-12-16(25-18(21-15)19-14-20-25)23-10-8-22(9-11-23)13-17(26)24-6-4-2-3-5-7-24/h12,14H,2-11,13H2,1H3. The maximum atomic E-state index is 12.6. The molecule has 8 heteroatoms. The molecule has 0 aromatic carbocycles. The number of amides is 1. The average Bonchev–Trinajstić information content (AvgIpc) is 2.94. The van der Waals surface area contributed by atoms with Crippen molar-refractivity contribution in [2.24, 2.45) is 0 Å². The van der Waals surface area contributed by atoms with Gasteiger partial charge in [0.1, 0.15) is 12.1 Å². The molecule has 2 fully saturated rings. The van der Waals surface area contributed by atoms with Crippen molar-refractivity contribution in [3.05, 3.63) is 18.1 Å². The van der Waals surface area contributed by atoms with E-state index in [2.05, 4.69) is 35.8 Å². The fraction of sp³-hybridized carbons (Fsp3) is 0.667. The molecule has 4 rings (SSSR count). The van der Waals surface area contributed by atoms with Gasteiger partial charge in [-0.05, 0) is 19.8 Å². The number of nitrogens with zero attached hydrogens (tertiary/aromatic N) is 7. The van der Waals surface area contributed by atoms with Crippen LogP contribution in [-0.4, -0.2) is 81.1 Å². The number of likely N-dealkylation sites (tertiary alicyclic amines) is 1. The Morgan fingerprint density at radius 1 is 1.04 bits per heavy atom. The summed E-state index contributed by atoms with van der Waals surface area (Å²) in [4.78, 5) is 27.8. The van der Waals surface area contributed by atoms with Crippen molar-refractivity contribution in [2.75, 3.05) is 50.7 Å². The van der Waals surface area contributed by atoms with Crippen LogP contribution in [0.1, 0.15) is 31.4 Å². The molecule has 2 aliphatic rings. The highest BCUT2D eigenvalue weighted by Crippen LogP contribution is 2.18. The minimum Gasteiger partial charge on any atom is -0.354 e. The van der Waals surface area contributed by atoms with E-state index in [0.717, 1.165) is 63.6 Å². The first-order chi connectivity index (χ1) is 12.7. The Bertz CT molecular complexity index is 758. The highest BCUT2D eigenvalue weighted by atomic mass is 16.2. The summed E-state index contributed by atoms with van der Waals surface area (Å²) < 4.78 is 1.80. The van der Waals surface area contributed by atoms with Crippen LogP contribution in [0.3, 0.4) is 0 Å². The van der Waals surface area contributed by atoms with Crippen LogP contribution in [0.15, 0.2) is 12.4 Å². The third kappa shape index (κ3) is 3.65. The SMILES string of the molecule is Cc1cc(N2CCN(CC(=O)N3CCCCCC3)CC2)n2ncnc2n1. The summed E-state index contributed by atoms with van der Waals surface area (Å²) in [7, 11) is 0. The monoisotopic (exact) mass is 357 g/mol. The molecule has 2 aromatic rings. The normalized spacial score (nSPS) is 19.7. The van der Waals surface area contributed by atoms with Gasteiger partial charge in [0.25, 0.3) is 5.78 Å². The number of hydrogen-bond donors (Lipinski definition) is 0. The maximum Gasteiger partial charge on any atom is 0.254 e. The minimum absolute atomic E-state index is 0.291. The van der Waals surface area contributed by atoms with E-state index in [4.69, 9.17) is 0 Å². The second-order valence-corrected chi connectivity index (χ2v) is 7.29. The second-order valence-electron chi connectivity index (χ2n) is 7.29. The number of anilines is 1. The van der Waals surface area contributed by atoms with Crippen LogP contribution < -0.4 is 4.90 Å². The smallest absolute Gasteiger partial charge is 0.254 e. The zero-order chi connectivity index (χ0) is 17.9. The molecule has 1 amide bonds. The molecule has 8 nitrogen and oxygen atoms in total. The summed E-state index contributed by atoms with van der Waals surface area (Å²) in [6.07, 6.45) is 6.35. The van der Waals surface area contributed by atoms with Gasteiger partial charge in [-0.1, -0.05) is 12.8 Å². The van der Waals surface area contributed by atoms with Crippen molar-refractivity contribution in [1.29, 1.82) is 0 Å². The van der Waals surface area contributed by atoms with Crippen LogP contribution in [0.2, 0.25) is 0 Å². The van der Waals surface area contributed by atoms with Crippen LogP contribution >= 0.6 is 0 Å². The van der Waals surface area contributed by atoms with Gasteiger partial charge >= 0.3 is 0 Å². The summed E-state index contributed by atoms with van der Waals surface area (Å²) >= 11 is 0. The van der Waals surface area contributed by atoms with Gasteiger partial charge < -0.3 is 9.80 Å². The number of hydrogen-bond acceptors (Lipinski definition) is 6. The van der Waals surface area contributed by atoms with E-state index in [1.165, 1.54) is 12.8 Å². The first kappa shape index (κ1) is 17.2. The van der Waals surface area contributed by atoms with Crippen molar-refractivity contribution in [2.45, 2.75) is 32.6 Å². The van der Waals surface area contributed by atoms with Gasteiger partial charge in [-0.15, -0.1) is 0 Å². The number of fused-ring (bicyclic) bond motifs is 1. The Balaban J connectivity index is 1.36. The van der Waals surface area contributed by atoms with Gasteiger partial charge in [0.15, 0.2) is 0 Å². The van der Waals surface area contributed by atoms with E-state index in [1.807, 2.05) is 6.92 Å². The van der Waals surface area contributed by atoms with E-state index in [-0.39, 0.29) is 0 Å². The molecule has 2 aromatic heterocycles. The molecular weight excluding hydrogens is 330 g/mol. The number of rotatable bonds is 3. The Kier molecular flexibility index (Phi) is 5.01. The van der Waals surface area contributed by atoms with E-state index in [0.29, 0.717) is 18.2 Å². The third-order valence-electron chi connectivity index (χ3n) is 5.38. The lowest BCUT2D eigenvalue weighted by atomic mass is 10.2. The lowest BCUT2D eigenvalue weighted by Gasteiger charge is -2.36. The topological polar surface area (TPSA) is 69.9 Å². The van der Waals surface area contributed by atoms with Crippen LogP contribution in [0, 0.1) is 6.92 Å². The van der Waals surface area contributed by atoms with Crippen LogP contribution in [0.4, 0.5) is 5.82 Å². The van der Waals surface area contributed by atoms with Gasteiger partial charge in [-0.2, -0.15) is 14.6 Å². The second kappa shape index (κ2) is 7.57. The van der Waals surface area contributed by atoms with Crippen molar-refractivity contribution in [3.63, 3.8) is 0 Å². The fourth-order valence-corrected chi connectivity index (χ4v) is 3.88. The van der Waals surface area contributed by atoms with Gasteiger partial charge in [0.2, 0.25) is 5.91 Å². The molecular formula is C18H27N7O. The molecule has 140 valence electrons. The van der Waals surface area contributed by atoms with E-state index < -0.39 is 0 Å². The molecule has 0 unspecified atom stereocenters. The summed E-state index contributed by atoms with van der Waals surface area (Å²) in [6.45, 7) is 7.92. The summed E-state index contributed by atoms with van der Waals surface area (Å²) in [5, 5.41) is 4.30. The zero-order valence-electron chi connectivity index (χ0n) is 15.5. The Morgan fingerprint density at radius 2 is 1.77 bits per heavy atom. The van der Waals surface area contributed by atoms with Crippen molar-refractivity contribution in [3.8, 4) is 0 Å². The molecule has 0 bridgehead atoms. The van der Waals surface area contributed by atoms with E-state index >= 15 is 0 Å². The van der Waals surface area contributed by atoms with Crippen LogP contribution in [0.25, 0.3) is 5.78 Å². The van der Waals surface area contributed by atoms with E-state index in [9.17, 15) is 4.79 Å². The molecule has 2 aliphatic heterocycles. The summed E-state index contributed by atoms with van der Waals surface area (Å²) in [5.74, 6) is 1.96. The highest BCUT2D eigenvalue weighted by Gasteiger charge is 2.24. The van der Waals surface area contributed by atoms with Crippen molar-refractivity contribution in [1.82, 2.24) is 29.4 Å². The summed E-state index contributed by atoms with van der Waals surface area (Å²) in [5.41, 5.74) is 0.944. The predicted molar refractivity (Wildman–Crippen MR) is 99.2 cm³/mol.